The molecule has 0 unspecified atom stereocenters. The Hall–Kier alpha value is -0.960. The SMILES string of the molecule is C=C(C)c1nsnc1C(=C)C.CC.CC. The summed E-state index contributed by atoms with van der Waals surface area (Å²) in [5.41, 5.74) is 3.64. The van der Waals surface area contributed by atoms with E-state index in [9.17, 15) is 0 Å². The highest BCUT2D eigenvalue weighted by atomic mass is 32.1. The van der Waals surface area contributed by atoms with E-state index < -0.39 is 0 Å². The number of allylic oxidation sites excluding steroid dienone is 2. The highest BCUT2D eigenvalue weighted by Crippen LogP contribution is 2.20. The van der Waals surface area contributed by atoms with Gasteiger partial charge < -0.3 is 0 Å². The average Bonchev–Trinajstić information content (AvgIpc) is 2.72. The summed E-state index contributed by atoms with van der Waals surface area (Å²) >= 11 is 1.20. The number of aromatic nitrogens is 2. The Morgan fingerprint density at radius 1 is 0.867 bits per heavy atom. The minimum absolute atomic E-state index is 0.877. The molecular weight excluding hydrogens is 204 g/mol. The van der Waals surface area contributed by atoms with Gasteiger partial charge in [0.2, 0.25) is 0 Å². The molecule has 0 saturated carbocycles. The van der Waals surface area contributed by atoms with Gasteiger partial charge in [0.1, 0.15) is 11.4 Å². The topological polar surface area (TPSA) is 25.8 Å². The van der Waals surface area contributed by atoms with Gasteiger partial charge in [0.05, 0.1) is 11.7 Å². The van der Waals surface area contributed by atoms with Crippen molar-refractivity contribution < 1.29 is 0 Å². The van der Waals surface area contributed by atoms with Gasteiger partial charge in [0, 0.05) is 0 Å². The summed E-state index contributed by atoms with van der Waals surface area (Å²) in [6.07, 6.45) is 0. The molecule has 0 radical (unpaired) electrons. The van der Waals surface area contributed by atoms with Crippen LogP contribution in [0.25, 0.3) is 11.1 Å². The minimum Gasteiger partial charge on any atom is -0.173 e. The molecule has 0 aliphatic carbocycles. The van der Waals surface area contributed by atoms with E-state index in [4.69, 9.17) is 0 Å². The fourth-order valence-electron chi connectivity index (χ4n) is 0.749. The first-order valence-electron chi connectivity index (χ1n) is 5.27. The third kappa shape index (κ3) is 5.47. The van der Waals surface area contributed by atoms with Crippen molar-refractivity contribution in [2.45, 2.75) is 41.5 Å². The van der Waals surface area contributed by atoms with Crippen LogP contribution in [0.5, 0.6) is 0 Å². The second kappa shape index (κ2) is 9.59. The fourth-order valence-corrected chi connectivity index (χ4v) is 1.44. The predicted octanol–water partition coefficient (Wildman–Crippen LogP) is 4.66. The van der Waals surface area contributed by atoms with Gasteiger partial charge in [-0.15, -0.1) is 0 Å². The van der Waals surface area contributed by atoms with Crippen LogP contribution in [0.3, 0.4) is 0 Å². The summed E-state index contributed by atoms with van der Waals surface area (Å²) < 4.78 is 8.21. The maximum Gasteiger partial charge on any atom is 0.107 e. The molecule has 1 aromatic rings. The molecule has 1 rings (SSSR count). The van der Waals surface area contributed by atoms with E-state index in [-0.39, 0.29) is 0 Å². The van der Waals surface area contributed by atoms with E-state index in [1.54, 1.807) is 0 Å². The summed E-state index contributed by atoms with van der Waals surface area (Å²) in [7, 11) is 0. The fraction of sp³-hybridized carbons (Fsp3) is 0.500. The third-order valence-corrected chi connectivity index (χ3v) is 1.83. The first kappa shape index (κ1) is 16.5. The maximum atomic E-state index is 4.11. The highest BCUT2D eigenvalue weighted by Gasteiger charge is 2.07. The largest absolute Gasteiger partial charge is 0.173 e. The number of rotatable bonds is 2. The standard InChI is InChI=1S/C8H10N2S.2C2H6/c1-5(2)7-8(6(3)4)10-11-9-7;2*1-2/h1,3H2,2,4H3;2*1-2H3. The second-order valence-electron chi connectivity index (χ2n) is 2.52. The Labute approximate surface area is 98.1 Å². The van der Waals surface area contributed by atoms with E-state index in [0.717, 1.165) is 22.5 Å². The van der Waals surface area contributed by atoms with Crippen LogP contribution in [0.4, 0.5) is 0 Å². The highest BCUT2D eigenvalue weighted by molar-refractivity contribution is 6.99. The molecule has 0 aliphatic rings. The molecule has 0 aromatic carbocycles. The Kier molecular flexibility index (Phi) is 10.5. The van der Waals surface area contributed by atoms with Gasteiger partial charge in [-0.05, 0) is 25.0 Å². The number of hydrogen-bond donors (Lipinski definition) is 0. The summed E-state index contributed by atoms with van der Waals surface area (Å²) in [5, 5.41) is 0. The molecule has 0 fully saturated rings. The molecule has 0 aliphatic heterocycles. The molecule has 0 spiro atoms. The molecule has 0 bridgehead atoms. The zero-order chi connectivity index (χ0) is 12.4. The predicted molar refractivity (Wildman–Crippen MR) is 72.0 cm³/mol. The lowest BCUT2D eigenvalue weighted by molar-refractivity contribution is 1.36. The summed E-state index contributed by atoms with van der Waals surface area (Å²) in [4.78, 5) is 0. The Morgan fingerprint density at radius 3 is 1.33 bits per heavy atom. The first-order valence-corrected chi connectivity index (χ1v) is 6.00. The summed E-state index contributed by atoms with van der Waals surface area (Å²) in [5.74, 6) is 0. The summed E-state index contributed by atoms with van der Waals surface area (Å²) in [6, 6.07) is 0. The van der Waals surface area contributed by atoms with Gasteiger partial charge in [-0.3, -0.25) is 0 Å². The monoisotopic (exact) mass is 226 g/mol. The van der Waals surface area contributed by atoms with Gasteiger partial charge in [0.25, 0.3) is 0 Å². The van der Waals surface area contributed by atoms with Crippen LogP contribution in [0.1, 0.15) is 52.9 Å². The molecule has 0 atom stereocenters. The molecular formula is C12H22N2S. The van der Waals surface area contributed by atoms with Crippen molar-refractivity contribution in [1.82, 2.24) is 8.75 Å². The molecule has 1 aromatic heterocycles. The Morgan fingerprint density at radius 2 is 1.13 bits per heavy atom. The molecule has 86 valence electrons. The van der Waals surface area contributed by atoms with Crippen molar-refractivity contribution in [3.63, 3.8) is 0 Å². The molecule has 2 nitrogen and oxygen atoms in total. The van der Waals surface area contributed by atoms with Crippen molar-refractivity contribution in [3.8, 4) is 0 Å². The van der Waals surface area contributed by atoms with E-state index in [1.807, 2.05) is 41.5 Å². The van der Waals surface area contributed by atoms with Crippen LogP contribution >= 0.6 is 11.7 Å². The van der Waals surface area contributed by atoms with Crippen molar-refractivity contribution >= 4 is 22.9 Å². The summed E-state index contributed by atoms with van der Waals surface area (Å²) in [6.45, 7) is 19.4. The molecule has 15 heavy (non-hydrogen) atoms. The van der Waals surface area contributed by atoms with Crippen LogP contribution in [0, 0.1) is 0 Å². The van der Waals surface area contributed by atoms with Crippen molar-refractivity contribution in [2.24, 2.45) is 0 Å². The van der Waals surface area contributed by atoms with Crippen LogP contribution in [-0.2, 0) is 0 Å². The lowest BCUT2D eigenvalue weighted by atomic mass is 10.1. The van der Waals surface area contributed by atoms with Gasteiger partial charge in [-0.2, -0.15) is 8.75 Å². The van der Waals surface area contributed by atoms with E-state index >= 15 is 0 Å². The van der Waals surface area contributed by atoms with Crippen LogP contribution in [0.2, 0.25) is 0 Å². The average molecular weight is 226 g/mol. The van der Waals surface area contributed by atoms with Crippen LogP contribution < -0.4 is 0 Å². The Bertz CT molecular complexity index is 272. The van der Waals surface area contributed by atoms with E-state index in [0.29, 0.717) is 0 Å². The van der Waals surface area contributed by atoms with E-state index in [1.165, 1.54) is 11.7 Å². The van der Waals surface area contributed by atoms with Gasteiger partial charge in [0.15, 0.2) is 0 Å². The minimum atomic E-state index is 0.877. The van der Waals surface area contributed by atoms with Crippen LogP contribution in [-0.4, -0.2) is 8.75 Å². The smallest absolute Gasteiger partial charge is 0.107 e. The van der Waals surface area contributed by atoms with Crippen LogP contribution in [0.15, 0.2) is 13.2 Å². The molecule has 0 amide bonds. The van der Waals surface area contributed by atoms with Crippen molar-refractivity contribution in [2.75, 3.05) is 0 Å². The Balaban J connectivity index is 0. The van der Waals surface area contributed by atoms with Gasteiger partial charge >= 0.3 is 0 Å². The van der Waals surface area contributed by atoms with Crippen molar-refractivity contribution in [1.29, 1.82) is 0 Å². The van der Waals surface area contributed by atoms with Gasteiger partial charge in [-0.1, -0.05) is 40.9 Å². The molecule has 3 heteroatoms. The number of nitrogens with zero attached hydrogens (tertiary/aromatic N) is 2. The van der Waals surface area contributed by atoms with E-state index in [2.05, 4.69) is 21.9 Å². The first-order chi connectivity index (χ1) is 7.13. The third-order valence-electron chi connectivity index (χ3n) is 1.30. The van der Waals surface area contributed by atoms with Crippen molar-refractivity contribution in [3.05, 3.63) is 24.5 Å². The quantitative estimate of drug-likeness (QED) is 0.733. The zero-order valence-electron chi connectivity index (χ0n) is 10.7. The lowest BCUT2D eigenvalue weighted by Crippen LogP contribution is -1.85. The zero-order valence-corrected chi connectivity index (χ0v) is 11.5. The lowest BCUT2D eigenvalue weighted by Gasteiger charge is -1.96. The normalized spacial score (nSPS) is 7.87. The second-order valence-corrected chi connectivity index (χ2v) is 3.05. The molecule has 0 N–H and O–H groups in total. The molecule has 1 heterocycles. The number of hydrogen-bond acceptors (Lipinski definition) is 3. The van der Waals surface area contributed by atoms with Gasteiger partial charge in [-0.25, -0.2) is 0 Å². The maximum absolute atomic E-state index is 4.11. The molecule has 0 saturated heterocycles.